The molecule has 1 aromatic heterocycles. The first-order valence-corrected chi connectivity index (χ1v) is 12.8. The number of benzene rings is 1. The molecule has 37 heavy (non-hydrogen) atoms. The number of aliphatic carboxylic acids is 1. The zero-order valence-electron chi connectivity index (χ0n) is 20.2. The number of carbonyl (C=O) groups excluding carboxylic acids is 4. The number of amides is 4. The van der Waals surface area contributed by atoms with Crippen LogP contribution in [0.1, 0.15) is 18.4 Å². The molecule has 202 valence electrons. The van der Waals surface area contributed by atoms with Crippen molar-refractivity contribution in [2.45, 2.75) is 43.4 Å². The van der Waals surface area contributed by atoms with Gasteiger partial charge < -0.3 is 42.6 Å². The number of carboxylic acids is 1. The van der Waals surface area contributed by atoms with Crippen molar-refractivity contribution in [1.29, 1.82) is 0 Å². The van der Waals surface area contributed by atoms with Crippen LogP contribution >= 0.6 is 11.8 Å². The standard InChI is InChI=1S/C23H32N6O7S/c1-37-7-6-16(21(33)29-18(23(35)36)9-19(25)31)27-22(34)17(28-20(32)14(24)11-30)8-12-10-26-15-5-3-2-4-13(12)15/h2-5,10,14,16-18,26,30H,6-9,11,24H2,1H3,(H2,25,31)(H,27,34)(H,28,32)(H,29,33)(H,35,36). The van der Waals surface area contributed by atoms with Crippen molar-refractivity contribution < 1.29 is 34.2 Å². The third-order valence-corrected chi connectivity index (χ3v) is 6.17. The Morgan fingerprint density at radius 2 is 1.62 bits per heavy atom. The molecular formula is C23H32N6O7S. The molecule has 0 aliphatic rings. The second-order valence-electron chi connectivity index (χ2n) is 8.33. The molecular weight excluding hydrogens is 504 g/mol. The van der Waals surface area contributed by atoms with E-state index in [0.717, 1.165) is 10.9 Å². The van der Waals surface area contributed by atoms with Gasteiger partial charge in [-0.2, -0.15) is 11.8 Å². The Kier molecular flexibility index (Phi) is 11.4. The summed E-state index contributed by atoms with van der Waals surface area (Å²) in [6, 6.07) is 2.19. The molecule has 0 aliphatic heterocycles. The highest BCUT2D eigenvalue weighted by Gasteiger charge is 2.31. The zero-order chi connectivity index (χ0) is 27.5. The van der Waals surface area contributed by atoms with E-state index >= 15 is 0 Å². The van der Waals surface area contributed by atoms with Crippen LogP contribution in [-0.2, 0) is 30.4 Å². The molecule has 1 heterocycles. The van der Waals surface area contributed by atoms with Crippen LogP contribution in [-0.4, -0.2) is 87.6 Å². The van der Waals surface area contributed by atoms with Crippen molar-refractivity contribution in [3.8, 4) is 0 Å². The maximum atomic E-state index is 13.3. The maximum Gasteiger partial charge on any atom is 0.326 e. The number of aliphatic hydroxyl groups excluding tert-OH is 1. The fourth-order valence-corrected chi connectivity index (χ4v) is 4.01. The van der Waals surface area contributed by atoms with Gasteiger partial charge in [-0.3, -0.25) is 19.2 Å². The number of H-pyrrole nitrogens is 1. The summed E-state index contributed by atoms with van der Waals surface area (Å²) < 4.78 is 0. The average molecular weight is 537 g/mol. The first-order valence-electron chi connectivity index (χ1n) is 11.4. The second-order valence-corrected chi connectivity index (χ2v) is 9.31. The van der Waals surface area contributed by atoms with E-state index in [1.807, 2.05) is 24.3 Å². The fraction of sp³-hybridized carbons (Fsp3) is 0.435. The van der Waals surface area contributed by atoms with Gasteiger partial charge in [0.1, 0.15) is 24.2 Å². The Hall–Kier alpha value is -3.62. The van der Waals surface area contributed by atoms with Crippen LogP contribution in [0.15, 0.2) is 30.5 Å². The van der Waals surface area contributed by atoms with E-state index in [1.54, 1.807) is 12.5 Å². The van der Waals surface area contributed by atoms with Crippen molar-refractivity contribution in [3.63, 3.8) is 0 Å². The molecule has 4 amide bonds. The molecule has 0 bridgehead atoms. The summed E-state index contributed by atoms with van der Waals surface area (Å²) >= 11 is 1.40. The zero-order valence-corrected chi connectivity index (χ0v) is 21.0. The lowest BCUT2D eigenvalue weighted by Gasteiger charge is -2.25. The quantitative estimate of drug-likeness (QED) is 0.128. The Bertz CT molecular complexity index is 1120. The maximum absolute atomic E-state index is 13.3. The molecule has 2 aromatic rings. The summed E-state index contributed by atoms with van der Waals surface area (Å²) in [5.74, 6) is -4.23. The number of nitrogens with two attached hydrogens (primary N) is 2. The third-order valence-electron chi connectivity index (χ3n) is 5.53. The van der Waals surface area contributed by atoms with Crippen molar-refractivity contribution in [1.82, 2.24) is 20.9 Å². The van der Waals surface area contributed by atoms with Gasteiger partial charge in [0.15, 0.2) is 0 Å². The molecule has 0 saturated heterocycles. The van der Waals surface area contributed by atoms with Gasteiger partial charge in [0.2, 0.25) is 23.6 Å². The monoisotopic (exact) mass is 536 g/mol. The van der Waals surface area contributed by atoms with Crippen molar-refractivity contribution >= 4 is 52.3 Å². The molecule has 0 spiro atoms. The number of para-hydroxylation sites is 1. The molecule has 1 aromatic carbocycles. The Morgan fingerprint density at radius 3 is 2.24 bits per heavy atom. The van der Waals surface area contributed by atoms with Gasteiger partial charge in [-0.25, -0.2) is 4.79 Å². The van der Waals surface area contributed by atoms with Gasteiger partial charge in [0.05, 0.1) is 13.0 Å². The largest absolute Gasteiger partial charge is 0.480 e. The molecule has 0 radical (unpaired) electrons. The number of nitrogens with one attached hydrogen (secondary N) is 4. The summed E-state index contributed by atoms with van der Waals surface area (Å²) in [4.78, 5) is 64.3. The lowest BCUT2D eigenvalue weighted by atomic mass is 10.0. The normalized spacial score (nSPS) is 14.2. The van der Waals surface area contributed by atoms with Gasteiger partial charge >= 0.3 is 5.97 Å². The first kappa shape index (κ1) is 29.6. The molecule has 0 aliphatic carbocycles. The van der Waals surface area contributed by atoms with Crippen LogP contribution in [0.4, 0.5) is 0 Å². The predicted molar refractivity (Wildman–Crippen MR) is 137 cm³/mol. The van der Waals surface area contributed by atoms with E-state index in [9.17, 15) is 34.2 Å². The number of thioether (sulfide) groups is 1. The van der Waals surface area contributed by atoms with Crippen molar-refractivity contribution in [2.75, 3.05) is 18.6 Å². The molecule has 10 N–H and O–H groups in total. The summed E-state index contributed by atoms with van der Waals surface area (Å²) in [6.07, 6.45) is 3.05. The lowest BCUT2D eigenvalue weighted by molar-refractivity contribution is -0.143. The third kappa shape index (κ3) is 8.77. The number of fused-ring (bicyclic) bond motifs is 1. The summed E-state index contributed by atoms with van der Waals surface area (Å²) in [5, 5.41) is 26.7. The van der Waals surface area contributed by atoms with E-state index in [4.69, 9.17) is 11.5 Å². The molecule has 0 fully saturated rings. The molecule has 0 saturated carbocycles. The lowest BCUT2D eigenvalue weighted by Crippen LogP contribution is -2.58. The van der Waals surface area contributed by atoms with Crippen molar-refractivity contribution in [2.24, 2.45) is 11.5 Å². The van der Waals surface area contributed by atoms with Gasteiger partial charge in [-0.15, -0.1) is 0 Å². The Labute approximate surface area is 217 Å². The van der Waals surface area contributed by atoms with Gasteiger partial charge in [-0.05, 0) is 30.1 Å². The number of aliphatic hydroxyl groups is 1. The van der Waals surface area contributed by atoms with Crippen molar-refractivity contribution in [3.05, 3.63) is 36.0 Å². The topological polar surface area (TPSA) is 230 Å². The number of hydrogen-bond donors (Lipinski definition) is 8. The fourth-order valence-electron chi connectivity index (χ4n) is 3.54. The Morgan fingerprint density at radius 1 is 1.00 bits per heavy atom. The summed E-state index contributed by atoms with van der Waals surface area (Å²) in [5.41, 5.74) is 12.2. The van der Waals surface area contributed by atoms with Gasteiger partial charge in [-0.1, -0.05) is 18.2 Å². The molecule has 13 nitrogen and oxygen atoms in total. The van der Waals surface area contributed by atoms with E-state index in [1.165, 1.54) is 11.8 Å². The van der Waals surface area contributed by atoms with E-state index in [-0.39, 0.29) is 12.8 Å². The highest BCUT2D eigenvalue weighted by atomic mass is 32.2. The number of carbonyl (C=O) groups is 5. The van der Waals surface area contributed by atoms with Crippen LogP contribution in [0.25, 0.3) is 10.9 Å². The number of hydrogen-bond acceptors (Lipinski definition) is 8. The minimum Gasteiger partial charge on any atom is -0.480 e. The number of rotatable bonds is 15. The minimum atomic E-state index is -1.57. The molecule has 2 rings (SSSR count). The highest BCUT2D eigenvalue weighted by Crippen LogP contribution is 2.19. The smallest absolute Gasteiger partial charge is 0.326 e. The SMILES string of the molecule is CSCCC(NC(=O)C(Cc1c[nH]c2ccccc12)NC(=O)C(N)CO)C(=O)NC(CC(N)=O)C(=O)O. The van der Waals surface area contributed by atoms with Crippen LogP contribution in [0, 0.1) is 0 Å². The average Bonchev–Trinajstić information content (AvgIpc) is 3.27. The number of primary amides is 1. The van der Waals surface area contributed by atoms with Gasteiger partial charge in [0.25, 0.3) is 0 Å². The highest BCUT2D eigenvalue weighted by molar-refractivity contribution is 7.98. The van der Waals surface area contributed by atoms with Crippen LogP contribution in [0.3, 0.4) is 0 Å². The van der Waals surface area contributed by atoms with E-state index in [0.29, 0.717) is 11.3 Å². The first-order chi connectivity index (χ1) is 17.6. The molecule has 4 unspecified atom stereocenters. The number of carboxylic acid groups (broad SMARTS) is 1. The number of aromatic nitrogens is 1. The predicted octanol–water partition coefficient (Wildman–Crippen LogP) is -1.80. The Balaban J connectivity index is 2.27. The van der Waals surface area contributed by atoms with Crippen LogP contribution in [0.2, 0.25) is 0 Å². The molecule has 14 heteroatoms. The van der Waals surface area contributed by atoms with E-state index < -0.39 is 66.8 Å². The van der Waals surface area contributed by atoms with Crippen LogP contribution < -0.4 is 27.4 Å². The molecule has 4 atom stereocenters. The van der Waals surface area contributed by atoms with E-state index in [2.05, 4.69) is 20.9 Å². The summed E-state index contributed by atoms with van der Waals surface area (Å²) in [7, 11) is 0. The minimum absolute atomic E-state index is 0.0377. The summed E-state index contributed by atoms with van der Waals surface area (Å²) in [6.45, 7) is -0.636. The van der Waals surface area contributed by atoms with Gasteiger partial charge in [0, 0.05) is 23.5 Å². The second kappa shape index (κ2) is 14.2. The van der Waals surface area contributed by atoms with Crippen LogP contribution in [0.5, 0.6) is 0 Å². The number of aromatic amines is 1.